The summed E-state index contributed by atoms with van der Waals surface area (Å²) < 4.78 is 0. The fraction of sp³-hybridized carbons (Fsp3) is 0.714. The third kappa shape index (κ3) is 5.94. The van der Waals surface area contributed by atoms with Crippen molar-refractivity contribution in [1.29, 1.82) is 0 Å². The Labute approximate surface area is 114 Å². The highest BCUT2D eigenvalue weighted by Gasteiger charge is 2.15. The topological polar surface area (TPSA) is 12.0 Å². The van der Waals surface area contributed by atoms with Crippen molar-refractivity contribution in [3.8, 4) is 0 Å². The van der Waals surface area contributed by atoms with Crippen molar-refractivity contribution >= 4 is 23.1 Å². The van der Waals surface area contributed by atoms with E-state index >= 15 is 0 Å². The van der Waals surface area contributed by atoms with E-state index in [4.69, 9.17) is 0 Å². The zero-order chi connectivity index (χ0) is 12.5. The van der Waals surface area contributed by atoms with Crippen LogP contribution in [0.5, 0.6) is 0 Å². The van der Waals surface area contributed by atoms with Crippen LogP contribution in [0.1, 0.15) is 44.0 Å². The smallest absolute Gasteiger partial charge is 0.0438 e. The van der Waals surface area contributed by atoms with Crippen LogP contribution in [0, 0.1) is 5.92 Å². The van der Waals surface area contributed by atoms with Crippen LogP contribution in [0.2, 0.25) is 0 Å². The number of hydrogen-bond donors (Lipinski definition) is 1. The molecule has 0 aliphatic rings. The van der Waals surface area contributed by atoms with E-state index in [1.807, 2.05) is 23.1 Å². The van der Waals surface area contributed by atoms with Gasteiger partial charge in [-0.05, 0) is 48.8 Å². The molecule has 0 saturated carbocycles. The molecule has 98 valence electrons. The van der Waals surface area contributed by atoms with Gasteiger partial charge in [0.1, 0.15) is 0 Å². The van der Waals surface area contributed by atoms with Gasteiger partial charge in [0.05, 0.1) is 0 Å². The Kier molecular flexibility index (Phi) is 7.99. The molecule has 1 atom stereocenters. The van der Waals surface area contributed by atoms with Crippen LogP contribution in [0.25, 0.3) is 0 Å². The van der Waals surface area contributed by atoms with Crippen LogP contribution in [0.4, 0.5) is 0 Å². The molecular formula is C14H25NS2. The lowest BCUT2D eigenvalue weighted by molar-refractivity contribution is 0.412. The molecule has 1 aromatic heterocycles. The highest BCUT2D eigenvalue weighted by atomic mass is 32.2. The molecule has 1 nitrogen and oxygen atoms in total. The molecule has 0 radical (unpaired) electrons. The SMILES string of the molecule is CSCCCCCNC(c1cccs1)C(C)C. The van der Waals surface area contributed by atoms with Crippen molar-refractivity contribution in [2.24, 2.45) is 5.92 Å². The molecule has 0 spiro atoms. The monoisotopic (exact) mass is 271 g/mol. The van der Waals surface area contributed by atoms with Crippen molar-refractivity contribution < 1.29 is 0 Å². The van der Waals surface area contributed by atoms with Gasteiger partial charge in [-0.2, -0.15) is 11.8 Å². The summed E-state index contributed by atoms with van der Waals surface area (Å²) in [5.74, 6) is 1.97. The zero-order valence-corrected chi connectivity index (χ0v) is 12.9. The molecule has 0 aliphatic carbocycles. The molecule has 1 rings (SSSR count). The molecule has 1 unspecified atom stereocenters. The summed E-state index contributed by atoms with van der Waals surface area (Å²) in [4.78, 5) is 1.48. The molecule has 1 heterocycles. The van der Waals surface area contributed by atoms with Gasteiger partial charge in [0, 0.05) is 10.9 Å². The van der Waals surface area contributed by atoms with Crippen molar-refractivity contribution in [3.63, 3.8) is 0 Å². The minimum Gasteiger partial charge on any atom is -0.309 e. The maximum Gasteiger partial charge on any atom is 0.0438 e. The van der Waals surface area contributed by atoms with Gasteiger partial charge in [0.25, 0.3) is 0 Å². The van der Waals surface area contributed by atoms with Crippen LogP contribution in [0.3, 0.4) is 0 Å². The third-order valence-electron chi connectivity index (χ3n) is 2.91. The summed E-state index contributed by atoms with van der Waals surface area (Å²) >= 11 is 3.82. The molecular weight excluding hydrogens is 246 g/mol. The second-order valence-corrected chi connectivity index (χ2v) is 6.71. The molecule has 1 N–H and O–H groups in total. The van der Waals surface area contributed by atoms with E-state index in [9.17, 15) is 0 Å². The number of thioether (sulfide) groups is 1. The number of rotatable bonds is 9. The predicted molar refractivity (Wildman–Crippen MR) is 82.1 cm³/mol. The van der Waals surface area contributed by atoms with Gasteiger partial charge in [0.2, 0.25) is 0 Å². The summed E-state index contributed by atoms with van der Waals surface area (Å²) in [6.45, 7) is 5.74. The quantitative estimate of drug-likeness (QED) is 0.660. The molecule has 0 bridgehead atoms. The first-order valence-electron chi connectivity index (χ1n) is 6.51. The average Bonchev–Trinajstić information content (AvgIpc) is 2.81. The molecule has 0 amide bonds. The normalized spacial score (nSPS) is 13.2. The lowest BCUT2D eigenvalue weighted by Crippen LogP contribution is -2.25. The standard InChI is InChI=1S/C14H25NS2/c1-12(2)14(13-8-7-11-17-13)15-9-5-4-6-10-16-3/h7-8,11-12,14-15H,4-6,9-10H2,1-3H3. The van der Waals surface area contributed by atoms with Gasteiger partial charge >= 0.3 is 0 Å². The third-order valence-corrected chi connectivity index (χ3v) is 4.56. The maximum absolute atomic E-state index is 3.70. The molecule has 17 heavy (non-hydrogen) atoms. The first-order chi connectivity index (χ1) is 8.25. The van der Waals surface area contributed by atoms with Gasteiger partial charge in [-0.25, -0.2) is 0 Å². The maximum atomic E-state index is 3.70. The van der Waals surface area contributed by atoms with E-state index < -0.39 is 0 Å². The Balaban J connectivity index is 2.22. The molecule has 0 aromatic carbocycles. The van der Waals surface area contributed by atoms with E-state index in [0.29, 0.717) is 12.0 Å². The van der Waals surface area contributed by atoms with E-state index in [-0.39, 0.29) is 0 Å². The van der Waals surface area contributed by atoms with Crippen molar-refractivity contribution in [1.82, 2.24) is 5.32 Å². The summed E-state index contributed by atoms with van der Waals surface area (Å²) in [5, 5.41) is 5.87. The molecule has 0 aliphatic heterocycles. The van der Waals surface area contributed by atoms with E-state index in [1.165, 1.54) is 29.9 Å². The zero-order valence-electron chi connectivity index (χ0n) is 11.2. The van der Waals surface area contributed by atoms with Crippen LogP contribution in [-0.4, -0.2) is 18.6 Å². The largest absolute Gasteiger partial charge is 0.309 e. The Morgan fingerprint density at radius 2 is 2.12 bits per heavy atom. The Morgan fingerprint density at radius 3 is 2.71 bits per heavy atom. The van der Waals surface area contributed by atoms with Crippen LogP contribution >= 0.6 is 23.1 Å². The van der Waals surface area contributed by atoms with Crippen LogP contribution < -0.4 is 5.32 Å². The molecule has 1 aromatic rings. The van der Waals surface area contributed by atoms with E-state index in [2.05, 4.69) is 42.9 Å². The fourth-order valence-electron chi connectivity index (χ4n) is 1.94. The number of thiophene rings is 1. The van der Waals surface area contributed by atoms with E-state index in [1.54, 1.807) is 0 Å². The van der Waals surface area contributed by atoms with Crippen LogP contribution in [0.15, 0.2) is 17.5 Å². The van der Waals surface area contributed by atoms with Gasteiger partial charge in [-0.3, -0.25) is 0 Å². The Morgan fingerprint density at radius 1 is 1.29 bits per heavy atom. The lowest BCUT2D eigenvalue weighted by Gasteiger charge is -2.21. The highest BCUT2D eigenvalue weighted by Crippen LogP contribution is 2.25. The van der Waals surface area contributed by atoms with Crippen molar-refractivity contribution in [3.05, 3.63) is 22.4 Å². The second kappa shape index (κ2) is 9.01. The number of unbranched alkanes of at least 4 members (excludes halogenated alkanes) is 2. The average molecular weight is 271 g/mol. The van der Waals surface area contributed by atoms with E-state index in [0.717, 1.165) is 6.54 Å². The number of hydrogen-bond acceptors (Lipinski definition) is 3. The summed E-state index contributed by atoms with van der Waals surface area (Å²) in [5.41, 5.74) is 0. The molecule has 3 heteroatoms. The first kappa shape index (κ1) is 15.1. The Hall–Kier alpha value is 0.01000. The predicted octanol–water partition coefficient (Wildman–Crippen LogP) is 4.57. The van der Waals surface area contributed by atoms with Gasteiger partial charge in [-0.15, -0.1) is 11.3 Å². The van der Waals surface area contributed by atoms with Gasteiger partial charge < -0.3 is 5.32 Å². The Bertz CT molecular complexity index is 270. The minimum atomic E-state index is 0.538. The number of nitrogens with one attached hydrogen (secondary N) is 1. The lowest BCUT2D eigenvalue weighted by atomic mass is 10.0. The molecule has 0 fully saturated rings. The van der Waals surface area contributed by atoms with Crippen molar-refractivity contribution in [2.75, 3.05) is 18.6 Å². The van der Waals surface area contributed by atoms with Gasteiger partial charge in [-0.1, -0.05) is 26.3 Å². The highest BCUT2D eigenvalue weighted by molar-refractivity contribution is 7.98. The minimum absolute atomic E-state index is 0.538. The van der Waals surface area contributed by atoms with Crippen LogP contribution in [-0.2, 0) is 0 Å². The summed E-state index contributed by atoms with van der Waals surface area (Å²) in [7, 11) is 0. The second-order valence-electron chi connectivity index (χ2n) is 4.74. The summed E-state index contributed by atoms with van der Waals surface area (Å²) in [6, 6.07) is 4.93. The first-order valence-corrected chi connectivity index (χ1v) is 8.78. The fourth-order valence-corrected chi connectivity index (χ4v) is 3.41. The summed E-state index contributed by atoms with van der Waals surface area (Å²) in [6.07, 6.45) is 6.19. The molecule has 0 saturated heterocycles. The van der Waals surface area contributed by atoms with Crippen molar-refractivity contribution in [2.45, 2.75) is 39.2 Å². The van der Waals surface area contributed by atoms with Gasteiger partial charge in [0.15, 0.2) is 0 Å².